The summed E-state index contributed by atoms with van der Waals surface area (Å²) < 4.78 is 5.08. The summed E-state index contributed by atoms with van der Waals surface area (Å²) in [7, 11) is 0. The van der Waals surface area contributed by atoms with Crippen molar-refractivity contribution >= 4 is 5.91 Å². The summed E-state index contributed by atoms with van der Waals surface area (Å²) in [4.78, 5) is 11.5. The largest absolute Gasteiger partial charge is 0.393 e. The molecule has 1 rings (SSSR count). The zero-order valence-corrected chi connectivity index (χ0v) is 8.40. The molecule has 5 nitrogen and oxygen atoms in total. The van der Waals surface area contributed by atoms with Gasteiger partial charge in [0.2, 0.25) is 5.91 Å². The SMILES string of the molecule is CC(O)CCNC(=O)C1COCC1N. The first kappa shape index (κ1) is 11.4. The van der Waals surface area contributed by atoms with Gasteiger partial charge in [0.15, 0.2) is 0 Å². The number of hydrogen-bond acceptors (Lipinski definition) is 4. The van der Waals surface area contributed by atoms with Crippen molar-refractivity contribution in [1.29, 1.82) is 0 Å². The summed E-state index contributed by atoms with van der Waals surface area (Å²) in [6.07, 6.45) is 0.179. The Morgan fingerprint density at radius 1 is 1.71 bits per heavy atom. The van der Waals surface area contributed by atoms with E-state index in [2.05, 4.69) is 5.32 Å². The van der Waals surface area contributed by atoms with Gasteiger partial charge in [0.25, 0.3) is 0 Å². The van der Waals surface area contributed by atoms with Crippen LogP contribution in [-0.2, 0) is 9.53 Å². The Morgan fingerprint density at radius 2 is 2.43 bits per heavy atom. The first-order valence-electron chi connectivity index (χ1n) is 4.90. The van der Waals surface area contributed by atoms with Gasteiger partial charge in [-0.25, -0.2) is 0 Å². The van der Waals surface area contributed by atoms with E-state index in [4.69, 9.17) is 15.6 Å². The Balaban J connectivity index is 2.21. The van der Waals surface area contributed by atoms with Gasteiger partial charge in [-0.15, -0.1) is 0 Å². The van der Waals surface area contributed by atoms with Crippen LogP contribution in [0.1, 0.15) is 13.3 Å². The fourth-order valence-corrected chi connectivity index (χ4v) is 1.38. The number of aliphatic hydroxyl groups is 1. The number of nitrogens with two attached hydrogens (primary N) is 1. The summed E-state index contributed by atoms with van der Waals surface area (Å²) in [5, 5.41) is 11.7. The van der Waals surface area contributed by atoms with Crippen molar-refractivity contribution in [2.24, 2.45) is 11.7 Å². The van der Waals surface area contributed by atoms with Crippen molar-refractivity contribution in [3.8, 4) is 0 Å². The van der Waals surface area contributed by atoms with Gasteiger partial charge >= 0.3 is 0 Å². The topological polar surface area (TPSA) is 84.6 Å². The molecule has 82 valence electrons. The quantitative estimate of drug-likeness (QED) is 0.537. The molecule has 0 aromatic heterocycles. The number of rotatable bonds is 4. The lowest BCUT2D eigenvalue weighted by Gasteiger charge is -2.13. The molecule has 0 aromatic carbocycles. The number of carbonyl (C=O) groups is 1. The number of amides is 1. The molecular weight excluding hydrogens is 184 g/mol. The van der Waals surface area contributed by atoms with Crippen molar-refractivity contribution in [2.45, 2.75) is 25.5 Å². The van der Waals surface area contributed by atoms with Gasteiger partial charge < -0.3 is 20.9 Å². The van der Waals surface area contributed by atoms with Gasteiger partial charge in [0.1, 0.15) is 0 Å². The van der Waals surface area contributed by atoms with Crippen LogP contribution in [0.5, 0.6) is 0 Å². The minimum atomic E-state index is -0.385. The molecule has 1 heterocycles. The first-order chi connectivity index (χ1) is 6.61. The second-order valence-corrected chi connectivity index (χ2v) is 3.74. The lowest BCUT2D eigenvalue weighted by Crippen LogP contribution is -2.41. The van der Waals surface area contributed by atoms with Gasteiger partial charge in [0, 0.05) is 12.6 Å². The van der Waals surface area contributed by atoms with Gasteiger partial charge in [-0.2, -0.15) is 0 Å². The predicted octanol–water partition coefficient (Wildman–Crippen LogP) is -1.15. The number of carbonyl (C=O) groups excluding carboxylic acids is 1. The van der Waals surface area contributed by atoms with Gasteiger partial charge in [-0.3, -0.25) is 4.79 Å². The number of hydrogen-bond donors (Lipinski definition) is 3. The maximum Gasteiger partial charge on any atom is 0.227 e. The Hall–Kier alpha value is -0.650. The molecule has 4 N–H and O–H groups in total. The summed E-state index contributed by atoms with van der Waals surface area (Å²) in [6.45, 7) is 3.03. The predicted molar refractivity (Wildman–Crippen MR) is 51.6 cm³/mol. The van der Waals surface area contributed by atoms with E-state index in [0.717, 1.165) is 0 Å². The fourth-order valence-electron chi connectivity index (χ4n) is 1.38. The highest BCUT2D eigenvalue weighted by molar-refractivity contribution is 5.79. The summed E-state index contributed by atoms with van der Waals surface area (Å²) in [5.74, 6) is -0.306. The molecule has 1 fully saturated rings. The molecule has 3 atom stereocenters. The van der Waals surface area contributed by atoms with Crippen LogP contribution in [-0.4, -0.2) is 42.9 Å². The highest BCUT2D eigenvalue weighted by atomic mass is 16.5. The maximum absolute atomic E-state index is 11.5. The van der Waals surface area contributed by atoms with Crippen LogP contribution in [0.25, 0.3) is 0 Å². The molecule has 1 amide bonds. The molecule has 0 saturated carbocycles. The second-order valence-electron chi connectivity index (χ2n) is 3.74. The Labute approximate surface area is 83.6 Å². The van der Waals surface area contributed by atoms with Crippen LogP contribution >= 0.6 is 0 Å². The standard InChI is InChI=1S/C9H18N2O3/c1-6(12)2-3-11-9(13)7-4-14-5-8(7)10/h6-8,12H,2-5,10H2,1H3,(H,11,13). The van der Waals surface area contributed by atoms with E-state index >= 15 is 0 Å². The molecule has 1 saturated heterocycles. The molecule has 3 unspecified atom stereocenters. The van der Waals surface area contributed by atoms with Crippen LogP contribution in [0.15, 0.2) is 0 Å². The smallest absolute Gasteiger partial charge is 0.227 e. The van der Waals surface area contributed by atoms with Gasteiger partial charge in [-0.1, -0.05) is 0 Å². The Kier molecular flexibility index (Phi) is 4.31. The van der Waals surface area contributed by atoms with E-state index < -0.39 is 0 Å². The van der Waals surface area contributed by atoms with E-state index in [-0.39, 0.29) is 24.0 Å². The van der Waals surface area contributed by atoms with E-state index in [1.807, 2.05) is 0 Å². The zero-order chi connectivity index (χ0) is 10.6. The van der Waals surface area contributed by atoms with E-state index in [1.165, 1.54) is 0 Å². The number of aliphatic hydroxyl groups excluding tert-OH is 1. The fraction of sp³-hybridized carbons (Fsp3) is 0.889. The molecule has 0 spiro atoms. The third-order valence-electron chi connectivity index (χ3n) is 2.32. The van der Waals surface area contributed by atoms with Gasteiger partial charge in [-0.05, 0) is 13.3 Å². The molecule has 0 aromatic rings. The van der Waals surface area contributed by atoms with Crippen molar-refractivity contribution in [1.82, 2.24) is 5.32 Å². The lowest BCUT2D eigenvalue weighted by atomic mass is 10.0. The van der Waals surface area contributed by atoms with Crippen LogP contribution < -0.4 is 11.1 Å². The van der Waals surface area contributed by atoms with Crippen molar-refractivity contribution in [2.75, 3.05) is 19.8 Å². The van der Waals surface area contributed by atoms with Crippen LogP contribution in [0.2, 0.25) is 0 Å². The van der Waals surface area contributed by atoms with Crippen LogP contribution in [0, 0.1) is 5.92 Å². The maximum atomic E-state index is 11.5. The number of nitrogens with one attached hydrogen (secondary N) is 1. The van der Waals surface area contributed by atoms with Crippen LogP contribution in [0.4, 0.5) is 0 Å². The Morgan fingerprint density at radius 3 is 2.93 bits per heavy atom. The molecule has 0 aliphatic carbocycles. The molecule has 5 heteroatoms. The molecule has 1 aliphatic heterocycles. The van der Waals surface area contributed by atoms with E-state index in [9.17, 15) is 4.79 Å². The summed E-state index contributed by atoms with van der Waals surface area (Å²) >= 11 is 0. The first-order valence-corrected chi connectivity index (χ1v) is 4.90. The van der Waals surface area contributed by atoms with E-state index in [0.29, 0.717) is 26.2 Å². The minimum Gasteiger partial charge on any atom is -0.393 e. The van der Waals surface area contributed by atoms with E-state index in [1.54, 1.807) is 6.92 Å². The highest BCUT2D eigenvalue weighted by Crippen LogP contribution is 2.11. The van der Waals surface area contributed by atoms with Crippen LogP contribution in [0.3, 0.4) is 0 Å². The normalized spacial score (nSPS) is 28.8. The molecule has 1 aliphatic rings. The summed E-state index contributed by atoms with van der Waals surface area (Å²) in [5.41, 5.74) is 5.68. The third kappa shape index (κ3) is 3.25. The summed E-state index contributed by atoms with van der Waals surface area (Å²) in [6, 6.07) is -0.193. The molecule has 14 heavy (non-hydrogen) atoms. The lowest BCUT2D eigenvalue weighted by molar-refractivity contribution is -0.125. The molecular formula is C9H18N2O3. The van der Waals surface area contributed by atoms with Crippen molar-refractivity contribution in [3.05, 3.63) is 0 Å². The molecule has 0 radical (unpaired) electrons. The third-order valence-corrected chi connectivity index (χ3v) is 2.32. The zero-order valence-electron chi connectivity index (χ0n) is 8.40. The number of ether oxygens (including phenoxy) is 1. The average molecular weight is 202 g/mol. The van der Waals surface area contributed by atoms with Crippen molar-refractivity contribution < 1.29 is 14.6 Å². The highest BCUT2D eigenvalue weighted by Gasteiger charge is 2.30. The van der Waals surface area contributed by atoms with Crippen molar-refractivity contribution in [3.63, 3.8) is 0 Å². The second kappa shape index (κ2) is 5.29. The Bertz CT molecular complexity index is 196. The monoisotopic (exact) mass is 202 g/mol. The van der Waals surface area contributed by atoms with Gasteiger partial charge in [0.05, 0.1) is 25.2 Å². The molecule has 0 bridgehead atoms. The average Bonchev–Trinajstić information content (AvgIpc) is 2.50. The minimum absolute atomic E-state index is 0.0735.